The van der Waals surface area contributed by atoms with Crippen molar-refractivity contribution in [1.82, 2.24) is 19.5 Å². The van der Waals surface area contributed by atoms with Crippen molar-refractivity contribution in [2.75, 3.05) is 24.7 Å². The minimum atomic E-state index is -1.47. The number of amidine groups is 1. The third kappa shape index (κ3) is 6.33. The van der Waals surface area contributed by atoms with E-state index in [0.29, 0.717) is 54.6 Å². The van der Waals surface area contributed by atoms with Crippen molar-refractivity contribution in [3.8, 4) is 11.3 Å². The highest BCUT2D eigenvalue weighted by Gasteiger charge is 2.31. The zero-order valence-corrected chi connectivity index (χ0v) is 24.4. The Morgan fingerprint density at radius 1 is 1.21 bits per heavy atom. The summed E-state index contributed by atoms with van der Waals surface area (Å²) in [6, 6.07) is 4.28. The molecule has 1 saturated carbocycles. The van der Waals surface area contributed by atoms with Crippen LogP contribution in [0.15, 0.2) is 59.1 Å². The lowest BCUT2D eigenvalue weighted by molar-refractivity contribution is 0.104. The molecule has 1 saturated heterocycles. The van der Waals surface area contributed by atoms with Crippen LogP contribution in [0.2, 0.25) is 5.02 Å². The average Bonchev–Trinajstić information content (AvgIpc) is 3.37. The number of carboxylic acid groups (broad SMARTS) is 1. The number of ether oxygens (including phenoxy) is 1. The zero-order valence-electron chi connectivity index (χ0n) is 23.6. The number of nitrogens with two attached hydrogens (primary N) is 1. The highest BCUT2D eigenvalue weighted by molar-refractivity contribution is 6.31. The summed E-state index contributed by atoms with van der Waals surface area (Å²) in [7, 11) is 0. The van der Waals surface area contributed by atoms with Crippen LogP contribution in [-0.2, 0) is 11.3 Å². The van der Waals surface area contributed by atoms with Crippen molar-refractivity contribution < 1.29 is 19.0 Å². The van der Waals surface area contributed by atoms with Crippen LogP contribution in [0.5, 0.6) is 0 Å². The molecule has 3 aliphatic rings. The quantitative estimate of drug-likeness (QED) is 0.262. The molecule has 43 heavy (non-hydrogen) atoms. The molecule has 3 N–H and O–H groups in total. The van der Waals surface area contributed by atoms with E-state index in [1.54, 1.807) is 6.07 Å². The monoisotopic (exact) mass is 605 g/mol. The standard InChI is InChI=1S/C31H33ClFN7O3/c32-23-16-21(11-12-24(23)33)25-26-28(37-29(35-25)27(34)36-31(41)42)38-30(40(26)17-20-9-5-2-6-10-20)39-13-14-43-18-22(39)15-19-7-3-1-4-8-19/h1,3-4,7,11-12,15-16,20,22H,2,5-6,8-10,13-14,17-18H2,(H2,34,36)(H,41,42). The van der Waals surface area contributed by atoms with E-state index < -0.39 is 11.9 Å². The third-order valence-electron chi connectivity index (χ3n) is 8.13. The van der Waals surface area contributed by atoms with Crippen LogP contribution in [0.25, 0.3) is 22.4 Å². The lowest BCUT2D eigenvalue weighted by atomic mass is 9.89. The molecular formula is C31H33ClFN7O3. The molecule has 1 aromatic carbocycles. The van der Waals surface area contributed by atoms with Gasteiger partial charge in [-0.1, -0.05) is 61.2 Å². The second kappa shape index (κ2) is 12.6. The molecule has 3 heterocycles. The second-order valence-corrected chi connectivity index (χ2v) is 11.5. The number of nitrogens with zero attached hydrogens (tertiary/aromatic N) is 6. The second-order valence-electron chi connectivity index (χ2n) is 11.1. The van der Waals surface area contributed by atoms with Gasteiger partial charge in [-0.3, -0.25) is 0 Å². The number of hydrogen-bond donors (Lipinski definition) is 2. The third-order valence-corrected chi connectivity index (χ3v) is 8.42. The summed E-state index contributed by atoms with van der Waals surface area (Å²) in [5, 5.41) is 9.18. The molecule has 6 rings (SSSR count). The van der Waals surface area contributed by atoms with Crippen LogP contribution in [-0.4, -0.2) is 62.4 Å². The van der Waals surface area contributed by atoms with Gasteiger partial charge >= 0.3 is 6.09 Å². The number of morpholine rings is 1. The maximum absolute atomic E-state index is 14.2. The molecule has 12 heteroatoms. The summed E-state index contributed by atoms with van der Waals surface area (Å²) >= 11 is 6.21. The summed E-state index contributed by atoms with van der Waals surface area (Å²) in [6.07, 6.45) is 15.7. The SMILES string of the molecule is NC(=NC(=O)O)c1nc(-c2ccc(F)c(Cl)c2)c2c(n1)nc(N1CCOCC1C=C1C=CC=CC1)n2CC1CCCCC1. The van der Waals surface area contributed by atoms with Gasteiger partial charge in [0.2, 0.25) is 5.95 Å². The van der Waals surface area contributed by atoms with Gasteiger partial charge < -0.3 is 25.0 Å². The van der Waals surface area contributed by atoms with E-state index in [1.807, 2.05) is 12.2 Å². The number of benzene rings is 1. The summed E-state index contributed by atoms with van der Waals surface area (Å²) in [5.41, 5.74) is 9.16. The molecule has 3 aromatic rings. The van der Waals surface area contributed by atoms with Crippen LogP contribution in [0.3, 0.4) is 0 Å². The Labute approximate surface area is 253 Å². The Kier molecular flexibility index (Phi) is 8.53. The van der Waals surface area contributed by atoms with Gasteiger partial charge in [-0.25, -0.2) is 19.2 Å². The van der Waals surface area contributed by atoms with E-state index in [1.165, 1.54) is 37.0 Å². The van der Waals surface area contributed by atoms with E-state index in [0.717, 1.165) is 25.2 Å². The van der Waals surface area contributed by atoms with Crippen LogP contribution < -0.4 is 10.6 Å². The number of aromatic nitrogens is 4. The minimum Gasteiger partial charge on any atom is -0.463 e. The Morgan fingerprint density at radius 3 is 2.79 bits per heavy atom. The van der Waals surface area contributed by atoms with Crippen LogP contribution in [0.4, 0.5) is 15.1 Å². The van der Waals surface area contributed by atoms with Gasteiger partial charge in [0.25, 0.3) is 0 Å². The normalized spacial score (nSPS) is 20.8. The molecule has 1 atom stereocenters. The predicted octanol–water partition coefficient (Wildman–Crippen LogP) is 5.90. The molecule has 0 spiro atoms. The van der Waals surface area contributed by atoms with Crippen molar-refractivity contribution in [1.29, 1.82) is 0 Å². The molecule has 10 nitrogen and oxygen atoms in total. The molecule has 1 amide bonds. The molecule has 1 aliphatic heterocycles. The summed E-state index contributed by atoms with van der Waals surface area (Å²) in [4.78, 5) is 31.3. The predicted molar refractivity (Wildman–Crippen MR) is 164 cm³/mol. The molecule has 0 radical (unpaired) electrons. The number of allylic oxidation sites excluding steroid dienone is 5. The van der Waals surface area contributed by atoms with Gasteiger partial charge in [0.05, 0.1) is 24.3 Å². The topological polar surface area (TPSA) is 132 Å². The largest absolute Gasteiger partial charge is 0.463 e. The molecule has 0 bridgehead atoms. The Morgan fingerprint density at radius 2 is 2.05 bits per heavy atom. The number of halogens is 2. The summed E-state index contributed by atoms with van der Waals surface area (Å²) < 4.78 is 22.3. The van der Waals surface area contributed by atoms with E-state index in [-0.39, 0.29) is 22.7 Å². The van der Waals surface area contributed by atoms with Gasteiger partial charge in [0.15, 0.2) is 17.3 Å². The Bertz CT molecular complexity index is 1660. The fourth-order valence-corrected chi connectivity index (χ4v) is 6.25. The van der Waals surface area contributed by atoms with Crippen molar-refractivity contribution in [3.05, 3.63) is 70.8 Å². The van der Waals surface area contributed by atoms with Crippen LogP contribution in [0, 0.1) is 11.7 Å². The molecule has 2 fully saturated rings. The maximum atomic E-state index is 14.2. The Hall–Kier alpha value is -4.09. The Balaban J connectivity index is 1.57. The number of anilines is 1. The smallest absolute Gasteiger partial charge is 0.433 e. The number of hydrogen-bond acceptors (Lipinski definition) is 6. The molecule has 2 aromatic heterocycles. The first-order chi connectivity index (χ1) is 20.9. The van der Waals surface area contributed by atoms with Crippen molar-refractivity contribution >= 4 is 40.6 Å². The maximum Gasteiger partial charge on any atom is 0.433 e. The first kappa shape index (κ1) is 29.0. The average molecular weight is 606 g/mol. The van der Waals surface area contributed by atoms with Crippen LogP contribution >= 0.6 is 11.6 Å². The number of rotatable bonds is 6. The number of aliphatic imine (C=N–C) groups is 1. The van der Waals surface area contributed by atoms with E-state index in [9.17, 15) is 14.3 Å². The van der Waals surface area contributed by atoms with Gasteiger partial charge in [0.1, 0.15) is 17.0 Å². The lowest BCUT2D eigenvalue weighted by Gasteiger charge is -2.36. The fraction of sp³-hybridized carbons (Fsp3) is 0.387. The number of amides is 1. The summed E-state index contributed by atoms with van der Waals surface area (Å²) in [5.74, 6) is 0.139. The highest BCUT2D eigenvalue weighted by Crippen LogP contribution is 2.36. The van der Waals surface area contributed by atoms with Crippen LogP contribution in [0.1, 0.15) is 44.3 Å². The van der Waals surface area contributed by atoms with Crippen molar-refractivity contribution in [3.63, 3.8) is 0 Å². The fourth-order valence-electron chi connectivity index (χ4n) is 6.07. The highest BCUT2D eigenvalue weighted by atomic mass is 35.5. The molecule has 1 unspecified atom stereocenters. The van der Waals surface area contributed by atoms with E-state index in [4.69, 9.17) is 27.1 Å². The zero-order chi connectivity index (χ0) is 29.9. The van der Waals surface area contributed by atoms with Gasteiger partial charge in [-0.05, 0) is 49.0 Å². The molecule has 2 aliphatic carbocycles. The number of fused-ring (bicyclic) bond motifs is 1. The van der Waals surface area contributed by atoms with E-state index in [2.05, 4.69) is 42.7 Å². The van der Waals surface area contributed by atoms with Gasteiger partial charge in [0, 0.05) is 18.7 Å². The first-order valence-electron chi connectivity index (χ1n) is 14.6. The minimum absolute atomic E-state index is 0.0639. The molecular weight excluding hydrogens is 573 g/mol. The van der Waals surface area contributed by atoms with E-state index >= 15 is 0 Å². The summed E-state index contributed by atoms with van der Waals surface area (Å²) in [6.45, 7) is 2.35. The molecule has 224 valence electrons. The first-order valence-corrected chi connectivity index (χ1v) is 14.9. The number of carbonyl (C=O) groups is 1. The van der Waals surface area contributed by atoms with Crippen molar-refractivity contribution in [2.24, 2.45) is 16.6 Å². The number of imidazole rings is 1. The van der Waals surface area contributed by atoms with Gasteiger partial charge in [-0.2, -0.15) is 9.98 Å². The lowest BCUT2D eigenvalue weighted by Crippen LogP contribution is -2.46. The van der Waals surface area contributed by atoms with Crippen molar-refractivity contribution in [2.45, 2.75) is 51.1 Å². The van der Waals surface area contributed by atoms with Gasteiger partial charge in [-0.15, -0.1) is 0 Å².